The Morgan fingerprint density at radius 2 is 2.12 bits per heavy atom. The lowest BCUT2D eigenvalue weighted by molar-refractivity contribution is -0.141. The van der Waals surface area contributed by atoms with Crippen LogP contribution in [0, 0.1) is 18.8 Å². The fraction of sp³-hybridized carbons (Fsp3) is 0.368. The zero-order valence-corrected chi connectivity index (χ0v) is 14.1. The monoisotopic (exact) mass is 340 g/mol. The number of carbonyl (C=O) groups is 4. The molecule has 1 fully saturated rings. The molecule has 0 aromatic heterocycles. The van der Waals surface area contributed by atoms with Crippen LogP contribution < -0.4 is 5.32 Å². The van der Waals surface area contributed by atoms with Crippen LogP contribution in [0.3, 0.4) is 0 Å². The molecule has 1 saturated heterocycles. The van der Waals surface area contributed by atoms with Crippen LogP contribution in [0.4, 0.5) is 0 Å². The van der Waals surface area contributed by atoms with E-state index in [1.807, 2.05) is 25.1 Å². The fourth-order valence-electron chi connectivity index (χ4n) is 2.72. The minimum Gasteiger partial charge on any atom is -0.329 e. The Morgan fingerprint density at radius 1 is 1.32 bits per heavy atom. The van der Waals surface area contributed by atoms with Crippen molar-refractivity contribution in [1.82, 2.24) is 10.2 Å². The van der Waals surface area contributed by atoms with E-state index in [2.05, 4.69) is 17.2 Å². The number of aryl methyl sites for hydroxylation is 1. The van der Waals surface area contributed by atoms with E-state index < -0.39 is 11.9 Å². The van der Waals surface area contributed by atoms with Crippen molar-refractivity contribution in [3.63, 3.8) is 0 Å². The van der Waals surface area contributed by atoms with Crippen LogP contribution in [0.2, 0.25) is 0 Å². The number of unbranched alkanes of at least 4 members (excludes halogenated alkanes) is 1. The van der Waals surface area contributed by atoms with Gasteiger partial charge in [0.2, 0.25) is 18.2 Å². The fourth-order valence-corrected chi connectivity index (χ4v) is 2.72. The summed E-state index contributed by atoms with van der Waals surface area (Å²) in [5.41, 5.74) is 2.59. The summed E-state index contributed by atoms with van der Waals surface area (Å²) >= 11 is 0. The summed E-state index contributed by atoms with van der Waals surface area (Å²) in [5, 5.41) is 2.27. The quantitative estimate of drug-likeness (QED) is 0.364. The van der Waals surface area contributed by atoms with Crippen LogP contribution >= 0.6 is 0 Å². The van der Waals surface area contributed by atoms with Gasteiger partial charge in [-0.25, -0.2) is 0 Å². The highest BCUT2D eigenvalue weighted by Gasteiger charge is 2.31. The molecule has 130 valence electrons. The predicted octanol–water partition coefficient (Wildman–Crippen LogP) is 1.09. The minimum atomic E-state index is -0.661. The number of nitrogens with zero attached hydrogens (tertiary/aromatic N) is 1. The van der Waals surface area contributed by atoms with Crippen molar-refractivity contribution in [3.8, 4) is 11.8 Å². The average molecular weight is 340 g/mol. The highest BCUT2D eigenvalue weighted by atomic mass is 16.2. The largest absolute Gasteiger partial charge is 0.329 e. The second kappa shape index (κ2) is 8.78. The third-order valence-electron chi connectivity index (χ3n) is 4.11. The lowest BCUT2D eigenvalue weighted by Crippen LogP contribution is -2.51. The Labute approximate surface area is 146 Å². The Hall–Kier alpha value is -2.94. The second-order valence-corrected chi connectivity index (χ2v) is 5.85. The van der Waals surface area contributed by atoms with Gasteiger partial charge < -0.3 is 9.69 Å². The first-order valence-electron chi connectivity index (χ1n) is 8.12. The smallest absolute Gasteiger partial charge is 0.249 e. The van der Waals surface area contributed by atoms with E-state index in [0.29, 0.717) is 25.7 Å². The van der Waals surface area contributed by atoms with Crippen molar-refractivity contribution in [1.29, 1.82) is 0 Å². The third-order valence-corrected chi connectivity index (χ3v) is 4.11. The molecule has 3 amide bonds. The van der Waals surface area contributed by atoms with Crippen molar-refractivity contribution in [3.05, 3.63) is 34.9 Å². The van der Waals surface area contributed by atoms with Crippen LogP contribution in [0.5, 0.6) is 0 Å². The molecule has 1 atom stereocenters. The Kier molecular flexibility index (Phi) is 6.47. The highest BCUT2D eigenvalue weighted by Crippen LogP contribution is 2.19. The molecule has 6 nitrogen and oxygen atoms in total. The molecule has 1 N–H and O–H groups in total. The molecule has 0 radical (unpaired) electrons. The van der Waals surface area contributed by atoms with Crippen molar-refractivity contribution in [2.24, 2.45) is 0 Å². The summed E-state index contributed by atoms with van der Waals surface area (Å²) in [7, 11) is 0. The van der Waals surface area contributed by atoms with Gasteiger partial charge in [-0.3, -0.25) is 19.7 Å². The standard InChI is InChI=1S/C19H20N2O4/c1-14-6-5-8-15(7-3-2-4-11-22)16(14)12-21(13-23)17-9-10-18(24)20-19(17)25/h5-6,8,11,13,17H,2,4,9-10,12H2,1H3,(H,20,24,25). The number of carbonyl (C=O) groups excluding carboxylic acids is 4. The van der Waals surface area contributed by atoms with Gasteiger partial charge in [-0.05, 0) is 30.5 Å². The number of nitrogens with one attached hydrogen (secondary N) is 1. The molecule has 2 rings (SSSR count). The normalized spacial score (nSPS) is 16.4. The molecular formula is C19H20N2O4. The van der Waals surface area contributed by atoms with E-state index in [1.54, 1.807) is 0 Å². The van der Waals surface area contributed by atoms with Gasteiger partial charge in [0.15, 0.2) is 0 Å². The summed E-state index contributed by atoms with van der Waals surface area (Å²) in [6.07, 6.45) is 2.84. The summed E-state index contributed by atoms with van der Waals surface area (Å²) in [4.78, 5) is 46.6. The number of amides is 3. The van der Waals surface area contributed by atoms with Gasteiger partial charge in [0.05, 0.1) is 0 Å². The Bertz CT molecular complexity index is 746. The van der Waals surface area contributed by atoms with Crippen LogP contribution in [0.25, 0.3) is 0 Å². The number of benzene rings is 1. The maximum absolute atomic E-state index is 12.0. The lowest BCUT2D eigenvalue weighted by Gasteiger charge is -2.30. The molecule has 0 aliphatic carbocycles. The summed E-state index contributed by atoms with van der Waals surface area (Å²) in [5.74, 6) is 5.21. The Balaban J connectivity index is 2.23. The van der Waals surface area contributed by atoms with Crippen LogP contribution in [0.1, 0.15) is 42.4 Å². The van der Waals surface area contributed by atoms with Gasteiger partial charge in [0.25, 0.3) is 0 Å². The Morgan fingerprint density at radius 3 is 2.80 bits per heavy atom. The van der Waals surface area contributed by atoms with Crippen LogP contribution in [-0.4, -0.2) is 35.5 Å². The first kappa shape index (κ1) is 18.4. The van der Waals surface area contributed by atoms with E-state index in [0.717, 1.165) is 23.0 Å². The molecule has 25 heavy (non-hydrogen) atoms. The van der Waals surface area contributed by atoms with E-state index in [9.17, 15) is 19.2 Å². The summed E-state index contributed by atoms with van der Waals surface area (Å²) in [6.45, 7) is 2.15. The van der Waals surface area contributed by atoms with Gasteiger partial charge in [0.1, 0.15) is 12.3 Å². The molecule has 1 aromatic carbocycles. The van der Waals surface area contributed by atoms with E-state index in [4.69, 9.17) is 0 Å². The number of aldehydes is 1. The third kappa shape index (κ3) is 4.77. The average Bonchev–Trinajstić information content (AvgIpc) is 2.59. The maximum atomic E-state index is 12.0. The number of hydrogen-bond acceptors (Lipinski definition) is 4. The zero-order valence-electron chi connectivity index (χ0n) is 14.1. The molecular weight excluding hydrogens is 320 g/mol. The van der Waals surface area contributed by atoms with Gasteiger partial charge in [-0.2, -0.15) is 0 Å². The first-order valence-corrected chi connectivity index (χ1v) is 8.12. The zero-order chi connectivity index (χ0) is 18.2. The van der Waals surface area contributed by atoms with Gasteiger partial charge in [0, 0.05) is 31.4 Å². The molecule has 1 unspecified atom stereocenters. The molecule has 1 heterocycles. The highest BCUT2D eigenvalue weighted by molar-refractivity contribution is 6.00. The van der Waals surface area contributed by atoms with Gasteiger partial charge in [-0.15, -0.1) is 0 Å². The predicted molar refractivity (Wildman–Crippen MR) is 91.1 cm³/mol. The number of rotatable bonds is 6. The van der Waals surface area contributed by atoms with Crippen molar-refractivity contribution < 1.29 is 19.2 Å². The summed E-state index contributed by atoms with van der Waals surface area (Å²) < 4.78 is 0. The minimum absolute atomic E-state index is 0.215. The summed E-state index contributed by atoms with van der Waals surface area (Å²) in [6, 6.07) is 4.98. The molecule has 1 aliphatic heterocycles. The van der Waals surface area contributed by atoms with Crippen LogP contribution in [-0.2, 0) is 25.7 Å². The van der Waals surface area contributed by atoms with Crippen molar-refractivity contribution in [2.75, 3.05) is 0 Å². The van der Waals surface area contributed by atoms with E-state index >= 15 is 0 Å². The molecule has 0 saturated carbocycles. The SMILES string of the molecule is Cc1cccc(C#CCCC=O)c1CN(C=O)C1CCC(=O)NC1=O. The second-order valence-electron chi connectivity index (χ2n) is 5.85. The topological polar surface area (TPSA) is 83.6 Å². The molecule has 1 aromatic rings. The van der Waals surface area contributed by atoms with E-state index in [-0.39, 0.29) is 18.9 Å². The lowest BCUT2D eigenvalue weighted by atomic mass is 9.99. The van der Waals surface area contributed by atoms with Gasteiger partial charge >= 0.3 is 0 Å². The number of imide groups is 1. The molecule has 0 spiro atoms. The van der Waals surface area contributed by atoms with Crippen molar-refractivity contribution >= 4 is 24.5 Å². The van der Waals surface area contributed by atoms with Crippen LogP contribution in [0.15, 0.2) is 18.2 Å². The molecule has 0 bridgehead atoms. The van der Waals surface area contributed by atoms with Crippen molar-refractivity contribution in [2.45, 2.75) is 45.2 Å². The van der Waals surface area contributed by atoms with E-state index in [1.165, 1.54) is 4.90 Å². The maximum Gasteiger partial charge on any atom is 0.249 e. The molecule has 1 aliphatic rings. The van der Waals surface area contributed by atoms with Gasteiger partial charge in [-0.1, -0.05) is 24.0 Å². The first-order chi connectivity index (χ1) is 12.1. The number of piperidine rings is 1. The number of hydrogen-bond donors (Lipinski definition) is 1. The molecule has 6 heteroatoms.